The zero-order valence-electron chi connectivity index (χ0n) is 11.2. The lowest BCUT2D eigenvalue weighted by Crippen LogP contribution is -2.25. The summed E-state index contributed by atoms with van der Waals surface area (Å²) in [6.07, 6.45) is 1.68. The van der Waals surface area contributed by atoms with Gasteiger partial charge in [0.2, 0.25) is 0 Å². The SMILES string of the molecule is C[C@@H](Cl)C(=O)/C=C1\N(C)c2ccccc2C1(C)C. The normalized spacial score (nSPS) is 20.9. The van der Waals surface area contributed by atoms with Crippen molar-refractivity contribution in [1.29, 1.82) is 0 Å². The Morgan fingerprint density at radius 3 is 2.56 bits per heavy atom. The number of rotatable bonds is 2. The molecule has 1 aliphatic rings. The molecular formula is C15H18ClNO. The second-order valence-electron chi connectivity index (χ2n) is 5.25. The van der Waals surface area contributed by atoms with Crippen molar-refractivity contribution < 1.29 is 4.79 Å². The standard InChI is InChI=1S/C15H18ClNO/c1-10(16)13(18)9-14-15(2,3)11-7-5-6-8-12(11)17(14)4/h5-10H,1-4H3/b14-9-/t10-/m1/s1. The first-order valence-corrected chi connectivity index (χ1v) is 6.52. The molecule has 0 saturated heterocycles. The van der Waals surface area contributed by atoms with Crippen molar-refractivity contribution in [2.45, 2.75) is 31.6 Å². The molecule has 1 aliphatic heterocycles. The minimum absolute atomic E-state index is 0.0422. The lowest BCUT2D eigenvalue weighted by molar-refractivity contribution is -0.114. The summed E-state index contributed by atoms with van der Waals surface area (Å²) in [5, 5.41) is -0.481. The van der Waals surface area contributed by atoms with Crippen LogP contribution in [0, 0.1) is 0 Å². The quantitative estimate of drug-likeness (QED) is 0.601. The van der Waals surface area contributed by atoms with Crippen LogP contribution >= 0.6 is 11.6 Å². The van der Waals surface area contributed by atoms with Crippen LogP contribution in [0.2, 0.25) is 0 Å². The molecule has 0 unspecified atom stereocenters. The largest absolute Gasteiger partial charge is 0.347 e. The van der Waals surface area contributed by atoms with Crippen molar-refractivity contribution in [2.75, 3.05) is 11.9 Å². The van der Waals surface area contributed by atoms with Gasteiger partial charge in [-0.3, -0.25) is 4.79 Å². The number of halogens is 1. The minimum atomic E-state index is -0.481. The van der Waals surface area contributed by atoms with Crippen LogP contribution in [-0.4, -0.2) is 18.2 Å². The highest BCUT2D eigenvalue weighted by molar-refractivity contribution is 6.32. The molecule has 0 bridgehead atoms. The average molecular weight is 264 g/mol. The second kappa shape index (κ2) is 4.43. The number of fused-ring (bicyclic) bond motifs is 1. The predicted molar refractivity (Wildman–Crippen MR) is 76.3 cm³/mol. The average Bonchev–Trinajstić information content (AvgIpc) is 2.51. The topological polar surface area (TPSA) is 20.3 Å². The van der Waals surface area contributed by atoms with Gasteiger partial charge in [-0.1, -0.05) is 32.0 Å². The molecule has 0 fully saturated rings. The van der Waals surface area contributed by atoms with E-state index in [4.69, 9.17) is 11.6 Å². The zero-order chi connectivity index (χ0) is 13.5. The fraction of sp³-hybridized carbons (Fsp3) is 0.400. The summed E-state index contributed by atoms with van der Waals surface area (Å²) in [4.78, 5) is 13.9. The first-order valence-electron chi connectivity index (χ1n) is 6.09. The molecule has 1 atom stereocenters. The molecule has 0 saturated carbocycles. The number of ketones is 1. The number of anilines is 1. The van der Waals surface area contributed by atoms with Crippen LogP contribution < -0.4 is 4.90 Å². The molecule has 1 aromatic carbocycles. The third-order valence-electron chi connectivity index (χ3n) is 3.61. The smallest absolute Gasteiger partial charge is 0.174 e. The maximum absolute atomic E-state index is 11.8. The highest BCUT2D eigenvalue weighted by atomic mass is 35.5. The van der Waals surface area contributed by atoms with Crippen LogP contribution in [0.1, 0.15) is 26.3 Å². The molecule has 18 heavy (non-hydrogen) atoms. The van der Waals surface area contributed by atoms with Gasteiger partial charge in [0.15, 0.2) is 5.78 Å². The van der Waals surface area contributed by atoms with E-state index in [1.165, 1.54) is 5.56 Å². The van der Waals surface area contributed by atoms with Crippen LogP contribution in [0.25, 0.3) is 0 Å². The zero-order valence-corrected chi connectivity index (χ0v) is 12.0. The molecule has 0 aliphatic carbocycles. The van der Waals surface area contributed by atoms with Crippen LogP contribution in [0.3, 0.4) is 0 Å². The van der Waals surface area contributed by atoms with Gasteiger partial charge in [0.25, 0.3) is 0 Å². The first kappa shape index (κ1) is 13.2. The Hall–Kier alpha value is -1.28. The molecular weight excluding hydrogens is 246 g/mol. The fourth-order valence-electron chi connectivity index (χ4n) is 2.51. The number of para-hydroxylation sites is 1. The Morgan fingerprint density at radius 2 is 2.00 bits per heavy atom. The third kappa shape index (κ3) is 1.95. The molecule has 2 nitrogen and oxygen atoms in total. The number of hydrogen-bond donors (Lipinski definition) is 0. The van der Waals surface area contributed by atoms with E-state index in [2.05, 4.69) is 30.9 Å². The van der Waals surface area contributed by atoms with Crippen LogP contribution in [0.15, 0.2) is 36.0 Å². The molecule has 0 spiro atoms. The van der Waals surface area contributed by atoms with E-state index in [1.807, 2.05) is 19.2 Å². The van der Waals surface area contributed by atoms with Gasteiger partial charge in [-0.05, 0) is 18.6 Å². The Morgan fingerprint density at radius 1 is 1.39 bits per heavy atom. The molecule has 0 amide bonds. The third-order valence-corrected chi connectivity index (χ3v) is 3.83. The van der Waals surface area contributed by atoms with Gasteiger partial charge < -0.3 is 4.90 Å². The second-order valence-corrected chi connectivity index (χ2v) is 5.90. The molecule has 0 N–H and O–H groups in total. The Labute approximate surface area is 113 Å². The summed E-state index contributed by atoms with van der Waals surface area (Å²) in [6.45, 7) is 5.97. The molecule has 1 aromatic rings. The van der Waals surface area contributed by atoms with E-state index >= 15 is 0 Å². The van der Waals surface area contributed by atoms with Gasteiger partial charge in [-0.15, -0.1) is 11.6 Å². The van der Waals surface area contributed by atoms with E-state index in [1.54, 1.807) is 13.0 Å². The lowest BCUT2D eigenvalue weighted by Gasteiger charge is -2.24. The molecule has 0 aromatic heterocycles. The minimum Gasteiger partial charge on any atom is -0.347 e. The number of likely N-dealkylation sites (N-methyl/N-ethyl adjacent to an activating group) is 1. The number of benzene rings is 1. The maximum Gasteiger partial charge on any atom is 0.174 e. The van der Waals surface area contributed by atoms with Crippen molar-refractivity contribution >= 4 is 23.1 Å². The predicted octanol–water partition coefficient (Wildman–Crippen LogP) is 3.49. The van der Waals surface area contributed by atoms with Crippen molar-refractivity contribution in [3.05, 3.63) is 41.6 Å². The van der Waals surface area contributed by atoms with E-state index in [0.29, 0.717) is 0 Å². The summed E-state index contributed by atoms with van der Waals surface area (Å²) in [5.41, 5.74) is 3.24. The first-order chi connectivity index (χ1) is 8.35. The fourth-order valence-corrected chi connectivity index (χ4v) is 2.57. The Bertz CT molecular complexity index is 517. The van der Waals surface area contributed by atoms with Gasteiger partial charge in [0.1, 0.15) is 0 Å². The van der Waals surface area contributed by atoms with Crippen LogP contribution in [0.4, 0.5) is 5.69 Å². The number of hydrogen-bond acceptors (Lipinski definition) is 2. The van der Waals surface area contributed by atoms with Gasteiger partial charge in [0, 0.05) is 29.9 Å². The van der Waals surface area contributed by atoms with Crippen molar-refractivity contribution in [3.63, 3.8) is 0 Å². The number of carbonyl (C=O) groups is 1. The maximum atomic E-state index is 11.8. The summed E-state index contributed by atoms with van der Waals surface area (Å²) >= 11 is 5.85. The van der Waals surface area contributed by atoms with E-state index < -0.39 is 5.38 Å². The van der Waals surface area contributed by atoms with Gasteiger partial charge in [-0.25, -0.2) is 0 Å². The lowest BCUT2D eigenvalue weighted by atomic mass is 9.83. The number of alkyl halides is 1. The van der Waals surface area contributed by atoms with E-state index in [0.717, 1.165) is 11.4 Å². The molecule has 3 heteroatoms. The van der Waals surface area contributed by atoms with Crippen LogP contribution in [0.5, 0.6) is 0 Å². The summed E-state index contributed by atoms with van der Waals surface area (Å²) in [6, 6.07) is 8.23. The van der Waals surface area contributed by atoms with E-state index in [9.17, 15) is 4.79 Å². The number of nitrogens with zero attached hydrogens (tertiary/aromatic N) is 1. The summed E-state index contributed by atoms with van der Waals surface area (Å²) in [5.74, 6) is -0.0422. The molecule has 0 radical (unpaired) electrons. The highest BCUT2D eigenvalue weighted by Crippen LogP contribution is 2.46. The van der Waals surface area contributed by atoms with Crippen molar-refractivity contribution in [1.82, 2.24) is 0 Å². The molecule has 96 valence electrons. The number of carbonyl (C=O) groups excluding carboxylic acids is 1. The highest BCUT2D eigenvalue weighted by Gasteiger charge is 2.38. The van der Waals surface area contributed by atoms with Gasteiger partial charge in [0.05, 0.1) is 5.38 Å². The molecule has 1 heterocycles. The molecule has 2 rings (SSSR count). The van der Waals surface area contributed by atoms with Gasteiger partial charge in [-0.2, -0.15) is 0 Å². The van der Waals surface area contributed by atoms with Crippen molar-refractivity contribution in [2.24, 2.45) is 0 Å². The Kier molecular flexibility index (Phi) is 3.24. The number of allylic oxidation sites excluding steroid dienone is 2. The summed E-state index contributed by atoms with van der Waals surface area (Å²) in [7, 11) is 1.99. The van der Waals surface area contributed by atoms with Gasteiger partial charge >= 0.3 is 0 Å². The Balaban J connectivity index is 2.51. The van der Waals surface area contributed by atoms with E-state index in [-0.39, 0.29) is 11.2 Å². The van der Waals surface area contributed by atoms with Crippen LogP contribution in [-0.2, 0) is 10.2 Å². The van der Waals surface area contributed by atoms with Crippen molar-refractivity contribution in [3.8, 4) is 0 Å². The summed E-state index contributed by atoms with van der Waals surface area (Å²) < 4.78 is 0. The monoisotopic (exact) mass is 263 g/mol.